The molecule has 21 heavy (non-hydrogen) atoms. The lowest BCUT2D eigenvalue weighted by Gasteiger charge is -2.12. The summed E-state index contributed by atoms with van der Waals surface area (Å²) in [5.41, 5.74) is -0.0743. The van der Waals surface area contributed by atoms with Crippen LogP contribution in [0.2, 0.25) is 0 Å². The molecule has 1 amide bonds. The van der Waals surface area contributed by atoms with Gasteiger partial charge in [0, 0.05) is 30.9 Å². The van der Waals surface area contributed by atoms with Gasteiger partial charge in [-0.25, -0.2) is 4.98 Å². The highest BCUT2D eigenvalue weighted by molar-refractivity contribution is 7.13. The van der Waals surface area contributed by atoms with Crippen LogP contribution in [0.4, 0.5) is 0 Å². The predicted octanol–water partition coefficient (Wildman–Crippen LogP) is 2.16. The van der Waals surface area contributed by atoms with Gasteiger partial charge in [-0.1, -0.05) is 32.1 Å². The number of rotatable bonds is 5. The molecule has 114 valence electrons. The Labute approximate surface area is 128 Å². The van der Waals surface area contributed by atoms with Gasteiger partial charge < -0.3 is 9.88 Å². The van der Waals surface area contributed by atoms with Crippen LogP contribution >= 0.6 is 11.3 Å². The highest BCUT2D eigenvalue weighted by Crippen LogP contribution is 2.25. The Hall–Kier alpha value is -1.76. The zero-order valence-corrected chi connectivity index (χ0v) is 13.7. The average molecular weight is 307 g/mol. The summed E-state index contributed by atoms with van der Waals surface area (Å²) in [5, 5.41) is 12.2. The van der Waals surface area contributed by atoms with Crippen molar-refractivity contribution in [1.82, 2.24) is 25.1 Å². The molecule has 0 radical (unpaired) electrons. The van der Waals surface area contributed by atoms with E-state index < -0.39 is 0 Å². The molecule has 0 aromatic carbocycles. The van der Waals surface area contributed by atoms with Crippen LogP contribution in [0.5, 0.6) is 0 Å². The number of aromatic nitrogens is 4. The lowest BCUT2D eigenvalue weighted by molar-refractivity contribution is 0.0951. The van der Waals surface area contributed by atoms with E-state index in [0.717, 1.165) is 23.8 Å². The second-order valence-corrected chi connectivity index (χ2v) is 6.92. The minimum absolute atomic E-state index is 0.0743. The summed E-state index contributed by atoms with van der Waals surface area (Å²) in [5.74, 6) is 0.839. The maximum absolute atomic E-state index is 12.0. The zero-order chi connectivity index (χ0) is 15.5. The molecular formula is C14H21N5OS. The van der Waals surface area contributed by atoms with Crippen LogP contribution in [-0.2, 0) is 12.0 Å². The Morgan fingerprint density at radius 2 is 2.14 bits per heavy atom. The topological polar surface area (TPSA) is 72.7 Å². The number of amides is 1. The standard InChI is InChI=1S/C14H21N5OS/c1-10-15-7-9-19(10)8-5-6-16-11(20)12-17-18-13(21-12)14(2,3)4/h7,9H,5-6,8H2,1-4H3,(H,16,20). The van der Waals surface area contributed by atoms with Crippen molar-refractivity contribution in [3.8, 4) is 0 Å². The summed E-state index contributed by atoms with van der Waals surface area (Å²) in [4.78, 5) is 16.2. The van der Waals surface area contributed by atoms with E-state index in [1.165, 1.54) is 11.3 Å². The average Bonchev–Trinajstić information content (AvgIpc) is 3.03. The van der Waals surface area contributed by atoms with Crippen molar-refractivity contribution in [2.75, 3.05) is 6.54 Å². The maximum atomic E-state index is 12.0. The molecule has 0 bridgehead atoms. The van der Waals surface area contributed by atoms with Crippen LogP contribution in [0.25, 0.3) is 0 Å². The molecule has 2 heterocycles. The minimum atomic E-state index is -0.148. The number of carbonyl (C=O) groups excluding carboxylic acids is 1. The molecule has 0 fully saturated rings. The van der Waals surface area contributed by atoms with E-state index in [-0.39, 0.29) is 11.3 Å². The van der Waals surface area contributed by atoms with Crippen molar-refractivity contribution in [3.63, 3.8) is 0 Å². The summed E-state index contributed by atoms with van der Waals surface area (Å²) >= 11 is 1.36. The van der Waals surface area contributed by atoms with Gasteiger partial charge in [-0.05, 0) is 13.3 Å². The van der Waals surface area contributed by atoms with Crippen LogP contribution in [0.1, 0.15) is 47.8 Å². The number of hydrogen-bond acceptors (Lipinski definition) is 5. The van der Waals surface area contributed by atoms with Crippen molar-refractivity contribution >= 4 is 17.2 Å². The number of hydrogen-bond donors (Lipinski definition) is 1. The van der Waals surface area contributed by atoms with Crippen LogP contribution in [0.3, 0.4) is 0 Å². The van der Waals surface area contributed by atoms with E-state index in [1.54, 1.807) is 6.20 Å². The Bertz CT molecular complexity index is 611. The number of aryl methyl sites for hydroxylation is 2. The normalized spacial score (nSPS) is 11.6. The molecule has 0 saturated heterocycles. The highest BCUT2D eigenvalue weighted by Gasteiger charge is 2.21. The molecule has 0 aliphatic carbocycles. The largest absolute Gasteiger partial charge is 0.350 e. The fourth-order valence-corrected chi connectivity index (χ4v) is 2.60. The summed E-state index contributed by atoms with van der Waals surface area (Å²) in [6.45, 7) is 9.60. The number of carbonyl (C=O) groups is 1. The van der Waals surface area contributed by atoms with Crippen molar-refractivity contribution in [1.29, 1.82) is 0 Å². The Kier molecular flexibility index (Phi) is 4.72. The van der Waals surface area contributed by atoms with E-state index in [2.05, 4.69) is 45.8 Å². The summed E-state index contributed by atoms with van der Waals surface area (Å²) in [6.07, 6.45) is 4.58. The fourth-order valence-electron chi connectivity index (χ4n) is 1.79. The van der Waals surface area contributed by atoms with Crippen molar-refractivity contribution < 1.29 is 4.79 Å². The van der Waals surface area contributed by atoms with E-state index in [9.17, 15) is 4.79 Å². The molecular weight excluding hydrogens is 286 g/mol. The van der Waals surface area contributed by atoms with Crippen LogP contribution in [0, 0.1) is 6.92 Å². The number of nitrogens with zero attached hydrogens (tertiary/aromatic N) is 4. The smallest absolute Gasteiger partial charge is 0.282 e. The maximum Gasteiger partial charge on any atom is 0.282 e. The summed E-state index contributed by atoms with van der Waals surface area (Å²) in [6, 6.07) is 0. The molecule has 2 aromatic heterocycles. The summed E-state index contributed by atoms with van der Waals surface area (Å²) in [7, 11) is 0. The number of imidazole rings is 1. The third-order valence-electron chi connectivity index (χ3n) is 3.05. The van der Waals surface area contributed by atoms with Crippen molar-refractivity contribution in [3.05, 3.63) is 28.2 Å². The third-order valence-corrected chi connectivity index (χ3v) is 4.39. The van der Waals surface area contributed by atoms with Crippen LogP contribution < -0.4 is 5.32 Å². The second-order valence-electron chi connectivity index (χ2n) is 5.94. The molecule has 0 aliphatic rings. The predicted molar refractivity (Wildman–Crippen MR) is 82.5 cm³/mol. The molecule has 0 atom stereocenters. The van der Waals surface area contributed by atoms with Gasteiger partial charge in [0.1, 0.15) is 10.8 Å². The first-order chi connectivity index (χ1) is 9.88. The lowest BCUT2D eigenvalue weighted by atomic mass is 9.98. The molecule has 2 rings (SSSR count). The molecule has 6 nitrogen and oxygen atoms in total. The minimum Gasteiger partial charge on any atom is -0.350 e. The van der Waals surface area contributed by atoms with Crippen LogP contribution in [-0.4, -0.2) is 32.2 Å². The molecule has 1 N–H and O–H groups in total. The first-order valence-electron chi connectivity index (χ1n) is 6.98. The van der Waals surface area contributed by atoms with Gasteiger partial charge in [-0.15, -0.1) is 10.2 Å². The molecule has 7 heteroatoms. The molecule has 0 saturated carbocycles. The molecule has 2 aromatic rings. The van der Waals surface area contributed by atoms with Crippen LogP contribution in [0.15, 0.2) is 12.4 Å². The molecule has 0 spiro atoms. The second kappa shape index (κ2) is 6.34. The fraction of sp³-hybridized carbons (Fsp3) is 0.571. The highest BCUT2D eigenvalue weighted by atomic mass is 32.1. The van der Waals surface area contributed by atoms with E-state index in [1.807, 2.05) is 13.1 Å². The van der Waals surface area contributed by atoms with Gasteiger partial charge >= 0.3 is 0 Å². The monoisotopic (exact) mass is 307 g/mol. The third kappa shape index (κ3) is 4.10. The van der Waals surface area contributed by atoms with E-state index in [4.69, 9.17) is 0 Å². The van der Waals surface area contributed by atoms with Gasteiger partial charge in [0.2, 0.25) is 5.01 Å². The van der Waals surface area contributed by atoms with Gasteiger partial charge in [0.15, 0.2) is 0 Å². The van der Waals surface area contributed by atoms with E-state index >= 15 is 0 Å². The van der Waals surface area contributed by atoms with Crippen molar-refractivity contribution in [2.45, 2.75) is 46.1 Å². The van der Waals surface area contributed by atoms with Gasteiger partial charge in [-0.2, -0.15) is 0 Å². The quantitative estimate of drug-likeness (QED) is 0.859. The zero-order valence-electron chi connectivity index (χ0n) is 12.9. The summed E-state index contributed by atoms with van der Waals surface area (Å²) < 4.78 is 2.06. The van der Waals surface area contributed by atoms with Gasteiger partial charge in [0.25, 0.3) is 5.91 Å². The van der Waals surface area contributed by atoms with Gasteiger partial charge in [0.05, 0.1) is 0 Å². The van der Waals surface area contributed by atoms with Gasteiger partial charge in [-0.3, -0.25) is 4.79 Å². The lowest BCUT2D eigenvalue weighted by Crippen LogP contribution is -2.25. The molecule has 0 unspecified atom stereocenters. The Balaban J connectivity index is 1.80. The number of nitrogens with one attached hydrogen (secondary N) is 1. The SMILES string of the molecule is Cc1nccn1CCCNC(=O)c1nnc(C(C)(C)C)s1. The Morgan fingerprint density at radius 1 is 1.38 bits per heavy atom. The molecule has 0 aliphatic heterocycles. The first kappa shape index (κ1) is 15.6. The first-order valence-corrected chi connectivity index (χ1v) is 7.79. The van der Waals surface area contributed by atoms with E-state index in [0.29, 0.717) is 11.6 Å². The Morgan fingerprint density at radius 3 is 2.71 bits per heavy atom. The van der Waals surface area contributed by atoms with Crippen molar-refractivity contribution in [2.24, 2.45) is 0 Å².